The molecule has 1 aromatic rings. The van der Waals surface area contributed by atoms with E-state index in [1.165, 1.54) is 24.0 Å². The lowest BCUT2D eigenvalue weighted by Gasteiger charge is -2.28. The van der Waals surface area contributed by atoms with Crippen LogP contribution in [0.5, 0.6) is 0 Å². The van der Waals surface area contributed by atoms with Crippen LogP contribution >= 0.6 is 11.6 Å². The van der Waals surface area contributed by atoms with Gasteiger partial charge < -0.3 is 5.73 Å². The molecule has 2 rings (SSSR count). The largest absolute Gasteiger partial charge is 0.321 e. The van der Waals surface area contributed by atoms with E-state index in [0.717, 1.165) is 23.4 Å². The maximum Gasteiger partial charge on any atom is 0.0488 e. The van der Waals surface area contributed by atoms with Gasteiger partial charge in [-0.25, -0.2) is 0 Å². The fourth-order valence-electron chi connectivity index (χ4n) is 2.64. The fraction of sp³-hybridized carbons (Fsp3) is 0.538. The smallest absolute Gasteiger partial charge is 0.0488 e. The summed E-state index contributed by atoms with van der Waals surface area (Å²) in [5, 5.41) is 0.874. The molecule has 1 aromatic carbocycles. The van der Waals surface area contributed by atoms with Crippen LogP contribution in [-0.2, 0) is 5.54 Å². The molecule has 0 amide bonds. The van der Waals surface area contributed by atoms with Crippen LogP contribution in [0.3, 0.4) is 0 Å². The predicted molar refractivity (Wildman–Crippen MR) is 65.3 cm³/mol. The first-order chi connectivity index (χ1) is 7.04. The lowest BCUT2D eigenvalue weighted by atomic mass is 9.85. The number of halogens is 1. The van der Waals surface area contributed by atoms with Crippen LogP contribution in [-0.4, -0.2) is 0 Å². The van der Waals surface area contributed by atoms with Gasteiger partial charge in [0, 0.05) is 10.6 Å². The van der Waals surface area contributed by atoms with E-state index < -0.39 is 0 Å². The van der Waals surface area contributed by atoms with E-state index in [9.17, 15) is 0 Å². The molecule has 1 fully saturated rings. The summed E-state index contributed by atoms with van der Waals surface area (Å²) in [5.74, 6) is 0. The third-order valence-electron chi connectivity index (χ3n) is 3.54. The molecule has 1 saturated carbocycles. The summed E-state index contributed by atoms with van der Waals surface area (Å²) in [6, 6.07) is 4.20. The summed E-state index contributed by atoms with van der Waals surface area (Å²) >= 11 is 6.39. The summed E-state index contributed by atoms with van der Waals surface area (Å²) in [6.07, 6.45) is 4.58. The maximum atomic E-state index is 6.47. The van der Waals surface area contributed by atoms with E-state index >= 15 is 0 Å². The maximum absolute atomic E-state index is 6.47. The van der Waals surface area contributed by atoms with Crippen LogP contribution in [0.25, 0.3) is 0 Å². The molecule has 0 atom stereocenters. The fourth-order valence-corrected chi connectivity index (χ4v) is 3.04. The molecule has 82 valence electrons. The highest BCUT2D eigenvalue weighted by Gasteiger charge is 2.34. The van der Waals surface area contributed by atoms with Gasteiger partial charge in [0.15, 0.2) is 0 Å². The van der Waals surface area contributed by atoms with Gasteiger partial charge in [0.1, 0.15) is 0 Å². The average Bonchev–Trinajstić information content (AvgIpc) is 2.60. The van der Waals surface area contributed by atoms with E-state index in [1.807, 2.05) is 6.92 Å². The van der Waals surface area contributed by atoms with Crippen molar-refractivity contribution in [3.05, 3.63) is 33.8 Å². The van der Waals surface area contributed by atoms with Crippen molar-refractivity contribution in [2.45, 2.75) is 45.1 Å². The molecule has 2 N–H and O–H groups in total. The number of benzene rings is 1. The molecule has 0 heterocycles. The van der Waals surface area contributed by atoms with Gasteiger partial charge in [-0.15, -0.1) is 0 Å². The lowest BCUT2D eigenvalue weighted by molar-refractivity contribution is 0.459. The van der Waals surface area contributed by atoms with Crippen LogP contribution in [0.4, 0.5) is 0 Å². The molecule has 0 saturated heterocycles. The Morgan fingerprint density at radius 3 is 2.27 bits per heavy atom. The first kappa shape index (κ1) is 11.0. The first-order valence-electron chi connectivity index (χ1n) is 5.60. The van der Waals surface area contributed by atoms with Gasteiger partial charge >= 0.3 is 0 Å². The number of aryl methyl sites for hydroxylation is 2. The zero-order chi connectivity index (χ0) is 11.1. The molecule has 15 heavy (non-hydrogen) atoms. The summed E-state index contributed by atoms with van der Waals surface area (Å²) in [6.45, 7) is 4.15. The molecule has 0 aliphatic heterocycles. The second-order valence-electron chi connectivity index (χ2n) is 4.75. The molecule has 0 unspecified atom stereocenters. The zero-order valence-corrected chi connectivity index (χ0v) is 10.2. The van der Waals surface area contributed by atoms with Gasteiger partial charge in [0.2, 0.25) is 0 Å². The Kier molecular flexibility index (Phi) is 2.78. The second-order valence-corrected chi connectivity index (χ2v) is 5.13. The van der Waals surface area contributed by atoms with Crippen molar-refractivity contribution in [2.75, 3.05) is 0 Å². The van der Waals surface area contributed by atoms with E-state index in [1.54, 1.807) is 0 Å². The summed E-state index contributed by atoms with van der Waals surface area (Å²) < 4.78 is 0. The van der Waals surface area contributed by atoms with Crippen LogP contribution in [0.1, 0.15) is 42.4 Å². The lowest BCUT2D eigenvalue weighted by Crippen LogP contribution is -2.34. The summed E-state index contributed by atoms with van der Waals surface area (Å²) in [7, 11) is 0. The third-order valence-corrected chi connectivity index (χ3v) is 4.02. The quantitative estimate of drug-likeness (QED) is 0.772. The molecular formula is C13H18ClN. The first-order valence-corrected chi connectivity index (χ1v) is 5.97. The van der Waals surface area contributed by atoms with Gasteiger partial charge in [0.05, 0.1) is 0 Å². The Morgan fingerprint density at radius 2 is 1.67 bits per heavy atom. The van der Waals surface area contributed by atoms with Crippen molar-refractivity contribution in [1.82, 2.24) is 0 Å². The zero-order valence-electron chi connectivity index (χ0n) is 9.44. The van der Waals surface area contributed by atoms with Crippen molar-refractivity contribution < 1.29 is 0 Å². The molecule has 1 aliphatic rings. The SMILES string of the molecule is Cc1ccc(C)c(C2(N)CCCC2)c1Cl. The molecule has 0 aromatic heterocycles. The number of nitrogens with two attached hydrogens (primary N) is 1. The van der Waals surface area contributed by atoms with Crippen molar-refractivity contribution in [2.24, 2.45) is 5.73 Å². The van der Waals surface area contributed by atoms with Gasteiger partial charge in [-0.05, 0) is 43.4 Å². The number of hydrogen-bond acceptors (Lipinski definition) is 1. The molecule has 0 spiro atoms. The van der Waals surface area contributed by atoms with Crippen molar-refractivity contribution in [3.8, 4) is 0 Å². The van der Waals surface area contributed by atoms with E-state index in [2.05, 4.69) is 19.1 Å². The van der Waals surface area contributed by atoms with Crippen LogP contribution in [0.15, 0.2) is 12.1 Å². The van der Waals surface area contributed by atoms with Crippen LogP contribution in [0, 0.1) is 13.8 Å². The highest BCUT2D eigenvalue weighted by Crippen LogP contribution is 2.41. The molecule has 0 radical (unpaired) electrons. The van der Waals surface area contributed by atoms with Gasteiger partial charge in [-0.2, -0.15) is 0 Å². The Balaban J connectivity index is 2.55. The van der Waals surface area contributed by atoms with E-state index in [-0.39, 0.29) is 5.54 Å². The second kappa shape index (κ2) is 3.80. The van der Waals surface area contributed by atoms with Crippen LogP contribution in [0.2, 0.25) is 5.02 Å². The summed E-state index contributed by atoms with van der Waals surface area (Å²) in [5.41, 5.74) is 9.84. The molecule has 1 aliphatic carbocycles. The Hall–Kier alpha value is -0.530. The molecule has 2 heteroatoms. The van der Waals surface area contributed by atoms with Gasteiger partial charge in [0.25, 0.3) is 0 Å². The standard InChI is InChI=1S/C13H18ClN/c1-9-5-6-10(2)12(14)11(9)13(15)7-3-4-8-13/h5-6H,3-4,7-8,15H2,1-2H3. The number of rotatable bonds is 1. The predicted octanol–water partition coefficient (Wildman–Crippen LogP) is 3.68. The van der Waals surface area contributed by atoms with Crippen LogP contribution < -0.4 is 5.73 Å². The number of hydrogen-bond donors (Lipinski definition) is 1. The van der Waals surface area contributed by atoms with Crippen molar-refractivity contribution in [3.63, 3.8) is 0 Å². The molecule has 0 bridgehead atoms. The van der Waals surface area contributed by atoms with E-state index in [0.29, 0.717) is 0 Å². The molecule has 1 nitrogen and oxygen atoms in total. The van der Waals surface area contributed by atoms with Gasteiger partial charge in [-0.3, -0.25) is 0 Å². The minimum atomic E-state index is -0.173. The molecular weight excluding hydrogens is 206 g/mol. The monoisotopic (exact) mass is 223 g/mol. The average molecular weight is 224 g/mol. The Morgan fingerprint density at radius 1 is 1.13 bits per heavy atom. The minimum Gasteiger partial charge on any atom is -0.321 e. The highest BCUT2D eigenvalue weighted by atomic mass is 35.5. The highest BCUT2D eigenvalue weighted by molar-refractivity contribution is 6.32. The summed E-state index contributed by atoms with van der Waals surface area (Å²) in [4.78, 5) is 0. The Bertz CT molecular complexity index is 378. The van der Waals surface area contributed by atoms with Crippen molar-refractivity contribution >= 4 is 11.6 Å². The minimum absolute atomic E-state index is 0.173. The van der Waals surface area contributed by atoms with Gasteiger partial charge in [-0.1, -0.05) is 36.6 Å². The Labute approximate surface area is 96.6 Å². The third kappa shape index (κ3) is 1.79. The van der Waals surface area contributed by atoms with Crippen molar-refractivity contribution in [1.29, 1.82) is 0 Å². The normalized spacial score (nSPS) is 19.5. The topological polar surface area (TPSA) is 26.0 Å². The van der Waals surface area contributed by atoms with E-state index in [4.69, 9.17) is 17.3 Å².